The minimum absolute atomic E-state index is 0.0271. The van der Waals surface area contributed by atoms with E-state index in [1.54, 1.807) is 12.1 Å². The molecular formula is C16H17FN2O3. The van der Waals surface area contributed by atoms with Crippen molar-refractivity contribution in [3.63, 3.8) is 0 Å². The van der Waals surface area contributed by atoms with Gasteiger partial charge < -0.3 is 9.26 Å². The lowest BCUT2D eigenvalue weighted by atomic mass is 9.82. The highest BCUT2D eigenvalue weighted by molar-refractivity contribution is 5.72. The van der Waals surface area contributed by atoms with E-state index in [0.717, 1.165) is 31.2 Å². The lowest BCUT2D eigenvalue weighted by Crippen LogP contribution is -2.22. The first-order valence-electron chi connectivity index (χ1n) is 7.34. The average molecular weight is 304 g/mol. The number of esters is 1. The Morgan fingerprint density at radius 1 is 1.23 bits per heavy atom. The van der Waals surface area contributed by atoms with E-state index in [4.69, 9.17) is 9.26 Å². The number of methoxy groups -OCH3 is 1. The Morgan fingerprint density at radius 3 is 2.55 bits per heavy atom. The molecule has 1 heterocycles. The molecule has 5 nitrogen and oxygen atoms in total. The number of aromatic nitrogens is 2. The van der Waals surface area contributed by atoms with E-state index >= 15 is 0 Å². The summed E-state index contributed by atoms with van der Waals surface area (Å²) >= 11 is 0. The number of hydrogen-bond acceptors (Lipinski definition) is 5. The maximum Gasteiger partial charge on any atom is 0.308 e. The van der Waals surface area contributed by atoms with E-state index in [1.807, 2.05) is 0 Å². The highest BCUT2D eigenvalue weighted by atomic mass is 19.1. The SMILES string of the molecule is COC(=O)C1CCC(c2nc(-c3ccc(F)cc3)no2)CC1. The van der Waals surface area contributed by atoms with Gasteiger partial charge in [0.05, 0.1) is 13.0 Å². The van der Waals surface area contributed by atoms with Crippen molar-refractivity contribution in [2.45, 2.75) is 31.6 Å². The maximum absolute atomic E-state index is 12.9. The lowest BCUT2D eigenvalue weighted by Gasteiger charge is -2.24. The third-order valence-corrected chi connectivity index (χ3v) is 4.16. The summed E-state index contributed by atoms with van der Waals surface area (Å²) in [5, 5.41) is 3.96. The predicted octanol–water partition coefficient (Wildman–Crippen LogP) is 3.32. The molecule has 6 heteroatoms. The van der Waals surface area contributed by atoms with Gasteiger partial charge in [-0.15, -0.1) is 0 Å². The van der Waals surface area contributed by atoms with Crippen LogP contribution in [0, 0.1) is 11.7 Å². The Morgan fingerprint density at radius 2 is 1.91 bits per heavy atom. The van der Waals surface area contributed by atoms with Crippen LogP contribution < -0.4 is 0 Å². The summed E-state index contributed by atoms with van der Waals surface area (Å²) in [5.41, 5.74) is 0.722. The van der Waals surface area contributed by atoms with E-state index in [9.17, 15) is 9.18 Å². The molecule has 0 radical (unpaired) electrons. The van der Waals surface area contributed by atoms with Crippen LogP contribution in [-0.4, -0.2) is 23.2 Å². The van der Waals surface area contributed by atoms with E-state index < -0.39 is 0 Å². The molecule has 1 saturated carbocycles. The summed E-state index contributed by atoms with van der Waals surface area (Å²) in [6, 6.07) is 5.98. The highest BCUT2D eigenvalue weighted by Gasteiger charge is 2.30. The summed E-state index contributed by atoms with van der Waals surface area (Å²) in [6.45, 7) is 0. The first-order valence-corrected chi connectivity index (χ1v) is 7.34. The molecule has 0 atom stereocenters. The van der Waals surface area contributed by atoms with Crippen LogP contribution in [-0.2, 0) is 9.53 Å². The van der Waals surface area contributed by atoms with Crippen molar-refractivity contribution in [2.24, 2.45) is 5.92 Å². The van der Waals surface area contributed by atoms with Crippen molar-refractivity contribution in [1.82, 2.24) is 10.1 Å². The van der Waals surface area contributed by atoms with Gasteiger partial charge in [0.2, 0.25) is 11.7 Å². The summed E-state index contributed by atoms with van der Waals surface area (Å²) in [5.74, 6) is 0.751. The zero-order chi connectivity index (χ0) is 15.5. The molecule has 116 valence electrons. The summed E-state index contributed by atoms with van der Waals surface area (Å²) in [7, 11) is 1.42. The number of rotatable bonds is 3. The summed E-state index contributed by atoms with van der Waals surface area (Å²) in [6.07, 6.45) is 3.19. The number of benzene rings is 1. The molecule has 3 rings (SSSR count). The second-order valence-electron chi connectivity index (χ2n) is 5.53. The third-order valence-electron chi connectivity index (χ3n) is 4.16. The molecule has 1 fully saturated rings. The Bertz CT molecular complexity index is 646. The number of hydrogen-bond donors (Lipinski definition) is 0. The number of halogens is 1. The number of nitrogens with zero attached hydrogens (tertiary/aromatic N) is 2. The highest BCUT2D eigenvalue weighted by Crippen LogP contribution is 2.36. The fourth-order valence-corrected chi connectivity index (χ4v) is 2.86. The van der Waals surface area contributed by atoms with Crippen LogP contribution in [0.4, 0.5) is 4.39 Å². The molecule has 1 aromatic carbocycles. The molecule has 0 aliphatic heterocycles. The van der Waals surface area contributed by atoms with Crippen LogP contribution in [0.2, 0.25) is 0 Å². The van der Waals surface area contributed by atoms with Gasteiger partial charge in [0.25, 0.3) is 0 Å². The molecule has 0 unspecified atom stereocenters. The number of ether oxygens (including phenoxy) is 1. The fraction of sp³-hybridized carbons (Fsp3) is 0.438. The quantitative estimate of drug-likeness (QED) is 0.814. The molecule has 0 spiro atoms. The Hall–Kier alpha value is -2.24. The lowest BCUT2D eigenvalue weighted by molar-refractivity contribution is -0.146. The molecule has 1 aromatic heterocycles. The predicted molar refractivity (Wildman–Crippen MR) is 76.4 cm³/mol. The van der Waals surface area contributed by atoms with Crippen molar-refractivity contribution >= 4 is 5.97 Å². The minimum atomic E-state index is -0.298. The van der Waals surface area contributed by atoms with Gasteiger partial charge in [-0.25, -0.2) is 4.39 Å². The molecule has 22 heavy (non-hydrogen) atoms. The van der Waals surface area contributed by atoms with Crippen molar-refractivity contribution in [1.29, 1.82) is 0 Å². The van der Waals surface area contributed by atoms with Crippen molar-refractivity contribution in [3.05, 3.63) is 36.0 Å². The van der Waals surface area contributed by atoms with Gasteiger partial charge in [0.1, 0.15) is 5.82 Å². The fourth-order valence-electron chi connectivity index (χ4n) is 2.86. The number of carbonyl (C=O) groups is 1. The van der Waals surface area contributed by atoms with Gasteiger partial charge in [-0.05, 0) is 49.9 Å². The van der Waals surface area contributed by atoms with Crippen LogP contribution in [0.5, 0.6) is 0 Å². The normalized spacial score (nSPS) is 21.5. The van der Waals surface area contributed by atoms with E-state index in [0.29, 0.717) is 11.7 Å². The third kappa shape index (κ3) is 3.00. The largest absolute Gasteiger partial charge is 0.469 e. The van der Waals surface area contributed by atoms with Crippen LogP contribution in [0.25, 0.3) is 11.4 Å². The summed E-state index contributed by atoms with van der Waals surface area (Å²) < 4.78 is 23.0. The molecule has 2 aromatic rings. The van der Waals surface area contributed by atoms with Crippen LogP contribution in [0.3, 0.4) is 0 Å². The zero-order valence-corrected chi connectivity index (χ0v) is 12.3. The first kappa shape index (κ1) is 14.7. The van der Waals surface area contributed by atoms with E-state index in [-0.39, 0.29) is 23.6 Å². The van der Waals surface area contributed by atoms with E-state index in [1.165, 1.54) is 19.2 Å². The molecule has 0 amide bonds. The molecule has 1 aliphatic carbocycles. The Kier molecular flexibility index (Phi) is 4.18. The maximum atomic E-state index is 12.9. The molecule has 0 saturated heterocycles. The Balaban J connectivity index is 1.67. The second-order valence-corrected chi connectivity index (χ2v) is 5.53. The van der Waals surface area contributed by atoms with E-state index in [2.05, 4.69) is 10.1 Å². The second kappa shape index (κ2) is 6.25. The van der Waals surface area contributed by atoms with Crippen molar-refractivity contribution in [3.8, 4) is 11.4 Å². The molecule has 0 N–H and O–H groups in total. The Labute approximate surface area is 127 Å². The average Bonchev–Trinajstić information content (AvgIpc) is 3.05. The van der Waals surface area contributed by atoms with Gasteiger partial charge >= 0.3 is 5.97 Å². The molecular weight excluding hydrogens is 287 g/mol. The smallest absolute Gasteiger partial charge is 0.308 e. The molecule has 1 aliphatic rings. The monoisotopic (exact) mass is 304 g/mol. The van der Waals surface area contributed by atoms with Gasteiger partial charge in [0.15, 0.2) is 0 Å². The number of carbonyl (C=O) groups excluding carboxylic acids is 1. The van der Waals surface area contributed by atoms with Gasteiger partial charge in [-0.2, -0.15) is 4.98 Å². The minimum Gasteiger partial charge on any atom is -0.469 e. The topological polar surface area (TPSA) is 65.2 Å². The van der Waals surface area contributed by atoms with Crippen LogP contribution in [0.1, 0.15) is 37.5 Å². The van der Waals surface area contributed by atoms with Crippen LogP contribution >= 0.6 is 0 Å². The standard InChI is InChI=1S/C16H17FN2O3/c1-21-16(20)12-4-2-11(3-5-12)15-18-14(19-22-15)10-6-8-13(17)9-7-10/h6-9,11-12H,2-5H2,1H3. The van der Waals surface area contributed by atoms with Crippen LogP contribution in [0.15, 0.2) is 28.8 Å². The zero-order valence-electron chi connectivity index (χ0n) is 12.3. The first-order chi connectivity index (χ1) is 10.7. The molecule has 0 bridgehead atoms. The van der Waals surface area contributed by atoms with Gasteiger partial charge in [0, 0.05) is 11.5 Å². The van der Waals surface area contributed by atoms with Crippen molar-refractivity contribution < 1.29 is 18.4 Å². The van der Waals surface area contributed by atoms with Gasteiger partial charge in [-0.3, -0.25) is 4.79 Å². The van der Waals surface area contributed by atoms with Crippen molar-refractivity contribution in [2.75, 3.05) is 7.11 Å². The summed E-state index contributed by atoms with van der Waals surface area (Å²) in [4.78, 5) is 15.9. The van der Waals surface area contributed by atoms with Gasteiger partial charge in [-0.1, -0.05) is 5.16 Å².